The van der Waals surface area contributed by atoms with E-state index in [9.17, 15) is 17.2 Å². The minimum Gasteiger partial charge on any atom is -0.357 e. The third-order valence-corrected chi connectivity index (χ3v) is 4.31. The van der Waals surface area contributed by atoms with Crippen LogP contribution in [0.4, 0.5) is 8.78 Å². The van der Waals surface area contributed by atoms with Gasteiger partial charge in [-0.05, 0) is 38.3 Å². The van der Waals surface area contributed by atoms with Crippen molar-refractivity contribution in [1.29, 1.82) is 0 Å². The zero-order valence-corrected chi connectivity index (χ0v) is 17.8. The Kier molecular flexibility index (Phi) is 11.2. The first-order valence-corrected chi connectivity index (χ1v) is 9.94. The van der Waals surface area contributed by atoms with Crippen LogP contribution in [0.25, 0.3) is 0 Å². The molecule has 0 aliphatic heterocycles. The molecule has 0 aliphatic carbocycles. The Balaban J connectivity index is 0.00000576. The number of nitrogens with zero attached hydrogens (tertiary/aromatic N) is 1. The molecule has 1 unspecified atom stereocenters. The van der Waals surface area contributed by atoms with Gasteiger partial charge < -0.3 is 10.6 Å². The number of aliphatic imine (C=N–C) groups is 1. The molecule has 2 N–H and O–H groups in total. The summed E-state index contributed by atoms with van der Waals surface area (Å²) in [7, 11) is -3.01. The number of hydrogen-bond donors (Lipinski definition) is 2. The molecule has 25 heavy (non-hydrogen) atoms. The van der Waals surface area contributed by atoms with Crippen LogP contribution in [0.3, 0.4) is 0 Å². The fourth-order valence-electron chi connectivity index (χ4n) is 2.05. The van der Waals surface area contributed by atoms with Crippen molar-refractivity contribution >= 4 is 39.8 Å². The van der Waals surface area contributed by atoms with Crippen molar-refractivity contribution in [2.24, 2.45) is 4.99 Å². The van der Waals surface area contributed by atoms with E-state index in [2.05, 4.69) is 15.6 Å². The maximum atomic E-state index is 13.6. The maximum Gasteiger partial charge on any atom is 0.191 e. The summed E-state index contributed by atoms with van der Waals surface area (Å²) in [6.45, 7) is 4.70. The van der Waals surface area contributed by atoms with Crippen molar-refractivity contribution in [1.82, 2.24) is 10.6 Å². The summed E-state index contributed by atoms with van der Waals surface area (Å²) in [4.78, 5) is 4.32. The lowest BCUT2D eigenvalue weighted by Crippen LogP contribution is -2.43. The third kappa shape index (κ3) is 9.93. The number of benzene rings is 1. The van der Waals surface area contributed by atoms with Crippen LogP contribution < -0.4 is 10.6 Å². The van der Waals surface area contributed by atoms with Crippen molar-refractivity contribution in [3.05, 3.63) is 35.4 Å². The van der Waals surface area contributed by atoms with Crippen LogP contribution in [0.5, 0.6) is 0 Å². The normalized spacial score (nSPS) is 13.1. The first kappa shape index (κ1) is 24.0. The van der Waals surface area contributed by atoms with Crippen molar-refractivity contribution < 1.29 is 17.2 Å². The molecule has 0 radical (unpaired) electrons. The van der Waals surface area contributed by atoms with Gasteiger partial charge in [-0.15, -0.1) is 24.0 Å². The lowest BCUT2D eigenvalue weighted by molar-refractivity contribution is 0.499. The Morgan fingerprint density at radius 1 is 1.32 bits per heavy atom. The Bertz CT molecular complexity index is 669. The zero-order chi connectivity index (χ0) is 18.2. The van der Waals surface area contributed by atoms with Crippen LogP contribution in [-0.2, 0) is 16.3 Å². The van der Waals surface area contributed by atoms with Gasteiger partial charge in [-0.1, -0.05) is 12.1 Å². The van der Waals surface area contributed by atoms with E-state index in [1.807, 2.05) is 13.8 Å². The number of guanidine groups is 1. The summed E-state index contributed by atoms with van der Waals surface area (Å²) in [5.74, 6) is -1.09. The summed E-state index contributed by atoms with van der Waals surface area (Å²) in [6.07, 6.45) is 1.94. The average molecular weight is 489 g/mol. The van der Waals surface area contributed by atoms with Crippen LogP contribution in [0, 0.1) is 11.6 Å². The highest BCUT2D eigenvalue weighted by Crippen LogP contribution is 2.11. The highest BCUT2D eigenvalue weighted by Gasteiger charge is 2.10. The molecule has 0 fully saturated rings. The highest BCUT2D eigenvalue weighted by molar-refractivity contribution is 14.0. The van der Waals surface area contributed by atoms with E-state index in [0.717, 1.165) is 6.07 Å². The molecule has 0 bridgehead atoms. The predicted molar refractivity (Wildman–Crippen MR) is 108 cm³/mol. The molecule has 0 saturated carbocycles. The smallest absolute Gasteiger partial charge is 0.191 e. The van der Waals surface area contributed by atoms with Gasteiger partial charge in [0.25, 0.3) is 0 Å². The molecular formula is C16H26F2IN3O2S. The maximum absolute atomic E-state index is 13.6. The van der Waals surface area contributed by atoms with E-state index in [1.165, 1.54) is 18.4 Å². The van der Waals surface area contributed by atoms with Gasteiger partial charge in [-0.25, -0.2) is 17.2 Å². The van der Waals surface area contributed by atoms with Crippen LogP contribution >= 0.6 is 24.0 Å². The predicted octanol–water partition coefficient (Wildman–Crippen LogP) is 2.50. The lowest BCUT2D eigenvalue weighted by Gasteiger charge is -2.17. The summed E-state index contributed by atoms with van der Waals surface area (Å²) >= 11 is 0. The van der Waals surface area contributed by atoms with Gasteiger partial charge in [0.1, 0.15) is 9.84 Å². The second-order valence-corrected chi connectivity index (χ2v) is 7.95. The summed E-state index contributed by atoms with van der Waals surface area (Å²) in [5.41, 5.74) is 0.278. The van der Waals surface area contributed by atoms with E-state index in [1.54, 1.807) is 0 Å². The third-order valence-electron chi connectivity index (χ3n) is 3.33. The van der Waals surface area contributed by atoms with Gasteiger partial charge in [-0.3, -0.25) is 4.99 Å². The first-order valence-electron chi connectivity index (χ1n) is 7.88. The van der Waals surface area contributed by atoms with Crippen molar-refractivity contribution in [3.8, 4) is 0 Å². The molecule has 0 aromatic heterocycles. The molecule has 0 spiro atoms. The van der Waals surface area contributed by atoms with Gasteiger partial charge in [0.05, 0.1) is 5.75 Å². The number of nitrogens with one attached hydrogen (secondary N) is 2. The molecule has 9 heteroatoms. The number of halogens is 3. The monoisotopic (exact) mass is 489 g/mol. The first-order chi connectivity index (χ1) is 11.2. The largest absolute Gasteiger partial charge is 0.357 e. The van der Waals surface area contributed by atoms with Crippen molar-refractivity contribution in [2.75, 3.05) is 25.1 Å². The Morgan fingerprint density at radius 2 is 2.00 bits per heavy atom. The molecule has 1 aromatic carbocycles. The summed E-state index contributed by atoms with van der Waals surface area (Å²) in [5, 5.41) is 6.15. The fourth-order valence-corrected chi connectivity index (χ4v) is 2.83. The van der Waals surface area contributed by atoms with Crippen LogP contribution in [0.15, 0.2) is 23.2 Å². The van der Waals surface area contributed by atoms with E-state index in [4.69, 9.17) is 0 Å². The number of sulfone groups is 1. The van der Waals surface area contributed by atoms with Gasteiger partial charge in [0.2, 0.25) is 0 Å². The molecule has 0 saturated heterocycles. The second kappa shape index (κ2) is 11.6. The van der Waals surface area contributed by atoms with E-state index in [-0.39, 0.29) is 54.3 Å². The van der Waals surface area contributed by atoms with Crippen LogP contribution in [0.1, 0.15) is 25.8 Å². The highest BCUT2D eigenvalue weighted by atomic mass is 127. The minimum atomic E-state index is -3.01. The van der Waals surface area contributed by atoms with E-state index in [0.29, 0.717) is 18.9 Å². The van der Waals surface area contributed by atoms with Gasteiger partial charge >= 0.3 is 0 Å². The molecule has 0 amide bonds. The van der Waals surface area contributed by atoms with Crippen LogP contribution in [-0.4, -0.2) is 45.5 Å². The van der Waals surface area contributed by atoms with Gasteiger partial charge in [-0.2, -0.15) is 0 Å². The SMILES string of the molecule is CCNC(=NCCc1cccc(F)c1F)NC(C)CCS(C)(=O)=O.I. The van der Waals surface area contributed by atoms with Crippen molar-refractivity contribution in [2.45, 2.75) is 32.7 Å². The zero-order valence-electron chi connectivity index (χ0n) is 14.7. The summed E-state index contributed by atoms with van der Waals surface area (Å²) in [6, 6.07) is 4.00. The number of hydrogen-bond acceptors (Lipinski definition) is 3. The molecule has 1 aromatic rings. The Labute approximate surface area is 165 Å². The molecule has 1 rings (SSSR count). The van der Waals surface area contributed by atoms with E-state index < -0.39 is 21.5 Å². The minimum absolute atomic E-state index is 0. The number of rotatable bonds is 8. The lowest BCUT2D eigenvalue weighted by atomic mass is 10.1. The fraction of sp³-hybridized carbons (Fsp3) is 0.562. The second-order valence-electron chi connectivity index (χ2n) is 5.69. The van der Waals surface area contributed by atoms with Crippen molar-refractivity contribution in [3.63, 3.8) is 0 Å². The molecule has 1 atom stereocenters. The molecule has 0 aliphatic rings. The van der Waals surface area contributed by atoms with Gasteiger partial charge in [0.15, 0.2) is 17.6 Å². The Hall–Kier alpha value is -0.970. The summed E-state index contributed by atoms with van der Waals surface area (Å²) < 4.78 is 49.1. The molecular weight excluding hydrogens is 463 g/mol. The molecule has 144 valence electrons. The van der Waals surface area contributed by atoms with Crippen LogP contribution in [0.2, 0.25) is 0 Å². The van der Waals surface area contributed by atoms with Gasteiger partial charge in [0, 0.05) is 25.4 Å². The molecule has 0 heterocycles. The topological polar surface area (TPSA) is 70.6 Å². The Morgan fingerprint density at radius 3 is 2.60 bits per heavy atom. The quantitative estimate of drug-likeness (QED) is 0.335. The standard InChI is InChI=1S/C16H25F2N3O2S.HI/c1-4-19-16(21-12(2)9-11-24(3,22)23)20-10-8-13-6-5-7-14(17)15(13)18;/h5-7,12H,4,8-11H2,1-3H3,(H2,19,20,21);1H. The average Bonchev–Trinajstić information content (AvgIpc) is 2.49. The van der Waals surface area contributed by atoms with E-state index >= 15 is 0 Å². The molecule has 5 nitrogen and oxygen atoms in total.